The molecule has 6 heteroatoms. The number of aromatic nitrogens is 2. The standard InChI is InChI=1S/C18H14N2O4/c1-23-12-5-2-10(3-6-12)15-13-7-4-11(21)8-14(13)24-18-16(15)17(22)19-9-20-18/h2-9,15,21H,1H3,(H,19,20,22). The minimum atomic E-state index is -0.340. The van der Waals surface area contributed by atoms with Gasteiger partial charge in [-0.3, -0.25) is 4.79 Å². The predicted octanol–water partition coefficient (Wildman–Crippen LogP) is 2.77. The van der Waals surface area contributed by atoms with Crippen LogP contribution >= 0.6 is 0 Å². The van der Waals surface area contributed by atoms with Crippen molar-refractivity contribution in [3.05, 3.63) is 75.8 Å². The van der Waals surface area contributed by atoms with Crippen molar-refractivity contribution in [2.75, 3.05) is 7.11 Å². The van der Waals surface area contributed by atoms with Crippen molar-refractivity contribution in [1.29, 1.82) is 0 Å². The molecule has 0 fully saturated rings. The summed E-state index contributed by atoms with van der Waals surface area (Å²) in [6, 6.07) is 12.4. The van der Waals surface area contributed by atoms with Crippen LogP contribution < -0.4 is 15.0 Å². The monoisotopic (exact) mass is 322 g/mol. The highest BCUT2D eigenvalue weighted by Crippen LogP contribution is 2.45. The fourth-order valence-electron chi connectivity index (χ4n) is 2.98. The first-order chi connectivity index (χ1) is 11.7. The van der Waals surface area contributed by atoms with Gasteiger partial charge in [-0.25, -0.2) is 4.98 Å². The highest BCUT2D eigenvalue weighted by atomic mass is 16.5. The number of benzene rings is 2. The number of hydrogen-bond acceptors (Lipinski definition) is 5. The SMILES string of the molecule is COc1ccc(C2c3ccc(O)cc3Oc3nc[nH]c(=O)c32)cc1. The lowest BCUT2D eigenvalue weighted by Gasteiger charge is -2.26. The summed E-state index contributed by atoms with van der Waals surface area (Å²) < 4.78 is 10.9. The van der Waals surface area contributed by atoms with Gasteiger partial charge in [0.1, 0.15) is 17.2 Å². The number of fused-ring (bicyclic) bond motifs is 2. The van der Waals surface area contributed by atoms with Gasteiger partial charge in [0.15, 0.2) is 0 Å². The quantitative estimate of drug-likeness (QED) is 0.593. The van der Waals surface area contributed by atoms with E-state index in [1.54, 1.807) is 19.2 Å². The van der Waals surface area contributed by atoms with Crippen LogP contribution in [0.25, 0.3) is 0 Å². The fraction of sp³-hybridized carbons (Fsp3) is 0.111. The number of nitrogens with one attached hydrogen (secondary N) is 1. The molecule has 6 nitrogen and oxygen atoms in total. The Hall–Kier alpha value is -3.28. The van der Waals surface area contributed by atoms with Crippen LogP contribution in [-0.2, 0) is 0 Å². The minimum absolute atomic E-state index is 0.0931. The number of nitrogens with zero attached hydrogens (tertiary/aromatic N) is 1. The van der Waals surface area contributed by atoms with Gasteiger partial charge in [-0.1, -0.05) is 18.2 Å². The number of phenolic OH excluding ortho intramolecular Hbond substituents is 1. The summed E-state index contributed by atoms with van der Waals surface area (Å²) in [5, 5.41) is 9.73. The summed E-state index contributed by atoms with van der Waals surface area (Å²) in [6.45, 7) is 0. The molecule has 0 amide bonds. The van der Waals surface area contributed by atoms with Gasteiger partial charge in [-0.15, -0.1) is 0 Å². The Balaban J connectivity index is 1.96. The number of phenols is 1. The molecule has 0 spiro atoms. The Kier molecular flexibility index (Phi) is 3.23. The Labute approximate surface area is 137 Å². The second kappa shape index (κ2) is 5.42. The normalized spacial score (nSPS) is 15.1. The molecule has 0 aliphatic carbocycles. The van der Waals surface area contributed by atoms with Crippen molar-refractivity contribution in [1.82, 2.24) is 9.97 Å². The lowest BCUT2D eigenvalue weighted by Crippen LogP contribution is -2.23. The molecule has 0 saturated heterocycles. The maximum Gasteiger partial charge on any atom is 0.258 e. The molecule has 1 unspecified atom stereocenters. The molecule has 2 aromatic carbocycles. The van der Waals surface area contributed by atoms with E-state index in [-0.39, 0.29) is 23.1 Å². The van der Waals surface area contributed by atoms with Gasteiger partial charge >= 0.3 is 0 Å². The van der Waals surface area contributed by atoms with Crippen LogP contribution in [-0.4, -0.2) is 22.2 Å². The van der Waals surface area contributed by atoms with E-state index in [1.165, 1.54) is 12.4 Å². The van der Waals surface area contributed by atoms with Gasteiger partial charge in [-0.2, -0.15) is 0 Å². The molecule has 0 radical (unpaired) electrons. The average Bonchev–Trinajstić information content (AvgIpc) is 2.60. The number of hydrogen-bond donors (Lipinski definition) is 2. The summed E-state index contributed by atoms with van der Waals surface area (Å²) in [7, 11) is 1.60. The van der Waals surface area contributed by atoms with E-state index >= 15 is 0 Å². The van der Waals surface area contributed by atoms with Crippen molar-refractivity contribution < 1.29 is 14.6 Å². The summed E-state index contributed by atoms with van der Waals surface area (Å²) in [5.74, 6) is 1.22. The zero-order valence-electron chi connectivity index (χ0n) is 12.8. The molecule has 1 aliphatic rings. The molecular formula is C18H14N2O4. The lowest BCUT2D eigenvalue weighted by atomic mass is 9.84. The van der Waals surface area contributed by atoms with Crippen LogP contribution in [0.3, 0.4) is 0 Å². The molecule has 1 aliphatic heterocycles. The zero-order valence-corrected chi connectivity index (χ0v) is 12.8. The molecule has 1 aromatic heterocycles. The van der Waals surface area contributed by atoms with Gasteiger partial charge in [-0.05, 0) is 23.8 Å². The van der Waals surface area contributed by atoms with Gasteiger partial charge in [0.05, 0.1) is 19.0 Å². The average molecular weight is 322 g/mol. The van der Waals surface area contributed by atoms with Crippen LogP contribution in [0.1, 0.15) is 22.6 Å². The van der Waals surface area contributed by atoms with E-state index in [0.717, 1.165) is 16.9 Å². The molecule has 24 heavy (non-hydrogen) atoms. The van der Waals surface area contributed by atoms with E-state index in [0.29, 0.717) is 11.3 Å². The first kappa shape index (κ1) is 14.3. The Morgan fingerprint density at radius 3 is 2.75 bits per heavy atom. The van der Waals surface area contributed by atoms with Crippen LogP contribution in [0.2, 0.25) is 0 Å². The second-order valence-electron chi connectivity index (χ2n) is 5.48. The molecule has 3 aromatic rings. The van der Waals surface area contributed by atoms with Crippen LogP contribution in [0.4, 0.5) is 0 Å². The second-order valence-corrected chi connectivity index (χ2v) is 5.48. The summed E-state index contributed by atoms with van der Waals surface area (Å²) in [5.41, 5.74) is 1.90. The van der Waals surface area contributed by atoms with Gasteiger partial charge in [0.2, 0.25) is 5.88 Å². The molecule has 0 bridgehead atoms. The lowest BCUT2D eigenvalue weighted by molar-refractivity contribution is 0.414. The minimum Gasteiger partial charge on any atom is -0.508 e. The largest absolute Gasteiger partial charge is 0.508 e. The number of methoxy groups -OCH3 is 1. The van der Waals surface area contributed by atoms with Crippen molar-refractivity contribution in [3.8, 4) is 23.1 Å². The first-order valence-electron chi connectivity index (χ1n) is 7.39. The number of aromatic hydroxyl groups is 1. The molecule has 2 heterocycles. The third-order valence-electron chi connectivity index (χ3n) is 4.11. The maximum atomic E-state index is 12.4. The van der Waals surface area contributed by atoms with Gasteiger partial charge in [0, 0.05) is 17.5 Å². The highest BCUT2D eigenvalue weighted by molar-refractivity contribution is 5.57. The van der Waals surface area contributed by atoms with E-state index in [1.807, 2.05) is 24.3 Å². The van der Waals surface area contributed by atoms with E-state index in [9.17, 15) is 9.90 Å². The summed E-state index contributed by atoms with van der Waals surface area (Å²) in [4.78, 5) is 19.1. The molecule has 4 rings (SSSR count). The zero-order chi connectivity index (χ0) is 16.7. The number of ether oxygens (including phenoxy) is 2. The topological polar surface area (TPSA) is 84.4 Å². The van der Waals surface area contributed by atoms with Crippen molar-refractivity contribution >= 4 is 0 Å². The fourth-order valence-corrected chi connectivity index (χ4v) is 2.98. The van der Waals surface area contributed by atoms with E-state index in [4.69, 9.17) is 9.47 Å². The number of aromatic amines is 1. The third kappa shape index (κ3) is 2.20. The van der Waals surface area contributed by atoms with E-state index in [2.05, 4.69) is 9.97 Å². The van der Waals surface area contributed by atoms with Gasteiger partial charge < -0.3 is 19.6 Å². The van der Waals surface area contributed by atoms with Crippen molar-refractivity contribution in [2.45, 2.75) is 5.92 Å². The smallest absolute Gasteiger partial charge is 0.258 e. The molecular weight excluding hydrogens is 308 g/mol. The summed E-state index contributed by atoms with van der Waals surface area (Å²) in [6.07, 6.45) is 1.31. The molecule has 2 N–H and O–H groups in total. The maximum absolute atomic E-state index is 12.4. The van der Waals surface area contributed by atoms with Crippen LogP contribution in [0.15, 0.2) is 53.6 Å². The van der Waals surface area contributed by atoms with Crippen LogP contribution in [0.5, 0.6) is 23.1 Å². The predicted molar refractivity (Wildman–Crippen MR) is 87.0 cm³/mol. The number of H-pyrrole nitrogens is 1. The van der Waals surface area contributed by atoms with Gasteiger partial charge in [0.25, 0.3) is 5.56 Å². The highest BCUT2D eigenvalue weighted by Gasteiger charge is 2.32. The van der Waals surface area contributed by atoms with Crippen molar-refractivity contribution in [3.63, 3.8) is 0 Å². The van der Waals surface area contributed by atoms with Crippen molar-refractivity contribution in [2.24, 2.45) is 0 Å². The van der Waals surface area contributed by atoms with Crippen LogP contribution in [0, 0.1) is 0 Å². The Morgan fingerprint density at radius 1 is 1.21 bits per heavy atom. The first-order valence-corrected chi connectivity index (χ1v) is 7.39. The Bertz CT molecular complexity index is 963. The molecule has 120 valence electrons. The third-order valence-corrected chi connectivity index (χ3v) is 4.11. The van der Waals surface area contributed by atoms with E-state index < -0.39 is 0 Å². The summed E-state index contributed by atoms with van der Waals surface area (Å²) >= 11 is 0. The molecule has 1 atom stereocenters. The number of rotatable bonds is 2. The molecule has 0 saturated carbocycles. The Morgan fingerprint density at radius 2 is 2.00 bits per heavy atom.